The first-order valence-corrected chi connectivity index (χ1v) is 11.3. The molecule has 1 N–H and O–H groups in total. The van der Waals surface area contributed by atoms with E-state index in [1.54, 1.807) is 18.2 Å². The van der Waals surface area contributed by atoms with Crippen molar-refractivity contribution < 1.29 is 14.3 Å². The zero-order valence-electron chi connectivity index (χ0n) is 18.5. The van der Waals surface area contributed by atoms with Crippen molar-refractivity contribution >= 4 is 35.0 Å². The molecule has 2 rings (SSSR count). The van der Waals surface area contributed by atoms with Gasteiger partial charge in [-0.05, 0) is 62.1 Å². The van der Waals surface area contributed by atoms with Gasteiger partial charge in [0.2, 0.25) is 5.91 Å². The lowest BCUT2D eigenvalue weighted by Crippen LogP contribution is -2.51. The van der Waals surface area contributed by atoms with Crippen molar-refractivity contribution in [2.75, 3.05) is 6.61 Å². The second kappa shape index (κ2) is 12.0. The third-order valence-corrected chi connectivity index (χ3v) is 5.59. The molecule has 0 heterocycles. The summed E-state index contributed by atoms with van der Waals surface area (Å²) in [5.74, 6) is 0.134. The number of nitrogens with one attached hydrogen (secondary N) is 1. The highest BCUT2D eigenvalue weighted by atomic mass is 35.5. The quantitative estimate of drug-likeness (QED) is 0.520. The Hall–Kier alpha value is -2.24. The van der Waals surface area contributed by atoms with Crippen LogP contribution in [0.2, 0.25) is 10.0 Å². The molecule has 0 saturated carbocycles. The van der Waals surface area contributed by atoms with Gasteiger partial charge >= 0.3 is 0 Å². The molecule has 0 fully saturated rings. The maximum Gasteiger partial charge on any atom is 0.261 e. The summed E-state index contributed by atoms with van der Waals surface area (Å²) >= 11 is 12.2. The van der Waals surface area contributed by atoms with E-state index in [9.17, 15) is 9.59 Å². The average Bonchev–Trinajstić information content (AvgIpc) is 2.74. The topological polar surface area (TPSA) is 58.6 Å². The Morgan fingerprint density at radius 1 is 1.00 bits per heavy atom. The minimum atomic E-state index is -0.629. The third kappa shape index (κ3) is 7.44. The van der Waals surface area contributed by atoms with Gasteiger partial charge < -0.3 is 15.0 Å². The predicted molar refractivity (Wildman–Crippen MR) is 126 cm³/mol. The lowest BCUT2D eigenvalue weighted by Gasteiger charge is -2.31. The van der Waals surface area contributed by atoms with Crippen LogP contribution in [0, 0.1) is 0 Å². The van der Waals surface area contributed by atoms with E-state index >= 15 is 0 Å². The number of carbonyl (C=O) groups is 2. The second-order valence-electron chi connectivity index (χ2n) is 7.64. The van der Waals surface area contributed by atoms with Crippen molar-refractivity contribution in [3.8, 4) is 5.75 Å². The fraction of sp³-hybridized carbons (Fsp3) is 0.417. The van der Waals surface area contributed by atoms with Crippen LogP contribution < -0.4 is 10.1 Å². The van der Waals surface area contributed by atoms with Crippen LogP contribution >= 0.6 is 23.2 Å². The second-order valence-corrected chi connectivity index (χ2v) is 8.46. The number of hydrogen-bond donors (Lipinski definition) is 1. The van der Waals surface area contributed by atoms with Crippen LogP contribution in [0.3, 0.4) is 0 Å². The molecule has 0 saturated heterocycles. The van der Waals surface area contributed by atoms with Crippen LogP contribution in [-0.4, -0.2) is 35.4 Å². The standard InChI is InChI=1S/C24H30Cl2N2O3/c1-5-17-7-10-19(11-8-17)31-15-23(29)28(22(6-2)24(30)27-16(3)4)14-18-9-12-20(25)21(26)13-18/h7-13,16,22H,5-6,14-15H2,1-4H3,(H,27,30). The van der Waals surface area contributed by atoms with Crippen molar-refractivity contribution in [3.05, 3.63) is 63.6 Å². The van der Waals surface area contributed by atoms with Gasteiger partial charge in [-0.25, -0.2) is 0 Å². The summed E-state index contributed by atoms with van der Waals surface area (Å²) < 4.78 is 5.71. The molecule has 5 nitrogen and oxygen atoms in total. The SMILES string of the molecule is CCc1ccc(OCC(=O)N(Cc2ccc(Cl)c(Cl)c2)C(CC)C(=O)NC(C)C)cc1. The van der Waals surface area contributed by atoms with Gasteiger partial charge in [-0.3, -0.25) is 9.59 Å². The summed E-state index contributed by atoms with van der Waals surface area (Å²) in [6.07, 6.45) is 1.40. The first-order chi connectivity index (χ1) is 14.7. The van der Waals surface area contributed by atoms with E-state index in [0.29, 0.717) is 22.2 Å². The Bertz CT molecular complexity index is 885. The van der Waals surface area contributed by atoms with Crippen molar-refractivity contribution in [2.45, 2.75) is 59.2 Å². The highest BCUT2D eigenvalue weighted by Crippen LogP contribution is 2.24. The summed E-state index contributed by atoms with van der Waals surface area (Å²) in [7, 11) is 0. The molecule has 2 aromatic carbocycles. The van der Waals surface area contributed by atoms with Gasteiger partial charge in [0.1, 0.15) is 11.8 Å². The number of ether oxygens (including phenoxy) is 1. The lowest BCUT2D eigenvalue weighted by atomic mass is 10.1. The summed E-state index contributed by atoms with van der Waals surface area (Å²) in [4.78, 5) is 27.5. The van der Waals surface area contributed by atoms with Crippen molar-refractivity contribution in [1.82, 2.24) is 10.2 Å². The molecule has 0 radical (unpaired) electrons. The van der Waals surface area contributed by atoms with Crippen molar-refractivity contribution in [2.24, 2.45) is 0 Å². The summed E-state index contributed by atoms with van der Waals surface area (Å²) in [5.41, 5.74) is 1.97. The van der Waals surface area contributed by atoms with E-state index < -0.39 is 6.04 Å². The van der Waals surface area contributed by atoms with Gasteiger partial charge in [-0.1, -0.05) is 55.2 Å². The zero-order valence-corrected chi connectivity index (χ0v) is 20.0. The van der Waals surface area contributed by atoms with E-state index in [1.165, 1.54) is 10.5 Å². The Morgan fingerprint density at radius 3 is 2.19 bits per heavy atom. The number of aryl methyl sites for hydroxylation is 1. The van der Waals surface area contributed by atoms with Crippen molar-refractivity contribution in [1.29, 1.82) is 0 Å². The molecule has 2 amide bonds. The molecular weight excluding hydrogens is 435 g/mol. The number of rotatable bonds is 10. The average molecular weight is 465 g/mol. The van der Waals surface area contributed by atoms with Crippen LogP contribution in [0.15, 0.2) is 42.5 Å². The molecule has 0 aliphatic rings. The molecule has 168 valence electrons. The third-order valence-electron chi connectivity index (χ3n) is 4.85. The van der Waals surface area contributed by atoms with Gasteiger partial charge in [0, 0.05) is 12.6 Å². The summed E-state index contributed by atoms with van der Waals surface area (Å²) in [5, 5.41) is 3.74. The van der Waals surface area contributed by atoms with Gasteiger partial charge in [0.05, 0.1) is 10.0 Å². The van der Waals surface area contributed by atoms with E-state index in [2.05, 4.69) is 12.2 Å². The molecule has 2 aromatic rings. The summed E-state index contributed by atoms with van der Waals surface area (Å²) in [6.45, 7) is 7.78. The van der Waals surface area contributed by atoms with Gasteiger partial charge in [-0.2, -0.15) is 0 Å². The molecule has 0 bridgehead atoms. The minimum Gasteiger partial charge on any atom is -0.484 e. The molecule has 0 aliphatic heterocycles. The monoisotopic (exact) mass is 464 g/mol. The fourth-order valence-electron chi connectivity index (χ4n) is 3.18. The maximum atomic E-state index is 13.1. The van der Waals surface area contributed by atoms with E-state index in [0.717, 1.165) is 12.0 Å². The number of amides is 2. The van der Waals surface area contributed by atoms with E-state index in [1.807, 2.05) is 45.0 Å². The molecule has 0 aromatic heterocycles. The van der Waals surface area contributed by atoms with Crippen LogP contribution in [-0.2, 0) is 22.6 Å². The smallest absolute Gasteiger partial charge is 0.261 e. The van der Waals surface area contributed by atoms with Crippen molar-refractivity contribution in [3.63, 3.8) is 0 Å². The lowest BCUT2D eigenvalue weighted by molar-refractivity contribution is -0.143. The van der Waals surface area contributed by atoms with Crippen LogP contribution in [0.5, 0.6) is 5.75 Å². The zero-order chi connectivity index (χ0) is 23.0. The largest absolute Gasteiger partial charge is 0.484 e. The number of benzene rings is 2. The Kier molecular flexibility index (Phi) is 9.66. The Labute approximate surface area is 194 Å². The van der Waals surface area contributed by atoms with Crippen LogP contribution in [0.4, 0.5) is 0 Å². The molecule has 0 spiro atoms. The number of nitrogens with zero attached hydrogens (tertiary/aromatic N) is 1. The molecule has 7 heteroatoms. The van der Waals surface area contributed by atoms with Gasteiger partial charge in [-0.15, -0.1) is 0 Å². The van der Waals surface area contributed by atoms with Gasteiger partial charge in [0.15, 0.2) is 6.61 Å². The Morgan fingerprint density at radius 2 is 1.65 bits per heavy atom. The molecule has 1 atom stereocenters. The first kappa shape index (κ1) is 25.0. The maximum absolute atomic E-state index is 13.1. The molecular formula is C24H30Cl2N2O3. The molecule has 0 aliphatic carbocycles. The first-order valence-electron chi connectivity index (χ1n) is 10.5. The highest BCUT2D eigenvalue weighted by molar-refractivity contribution is 6.42. The molecule has 1 unspecified atom stereocenters. The molecule has 31 heavy (non-hydrogen) atoms. The Balaban J connectivity index is 2.21. The van der Waals surface area contributed by atoms with Crippen LogP contribution in [0.25, 0.3) is 0 Å². The normalized spacial score (nSPS) is 11.8. The number of hydrogen-bond acceptors (Lipinski definition) is 3. The van der Waals surface area contributed by atoms with Crippen LogP contribution in [0.1, 0.15) is 45.2 Å². The predicted octanol–water partition coefficient (Wildman–Crippen LogP) is 5.27. The fourth-order valence-corrected chi connectivity index (χ4v) is 3.50. The summed E-state index contributed by atoms with van der Waals surface area (Å²) in [6, 6.07) is 12.2. The van der Waals surface area contributed by atoms with E-state index in [4.69, 9.17) is 27.9 Å². The van der Waals surface area contributed by atoms with Gasteiger partial charge in [0.25, 0.3) is 5.91 Å². The highest BCUT2D eigenvalue weighted by Gasteiger charge is 2.29. The number of carbonyl (C=O) groups excluding carboxylic acids is 2. The van der Waals surface area contributed by atoms with E-state index in [-0.39, 0.29) is 31.0 Å². The minimum absolute atomic E-state index is 0.0307. The number of halogens is 2.